The molecule has 0 atom stereocenters. The van der Waals surface area contributed by atoms with Gasteiger partial charge in [-0.25, -0.2) is 24.3 Å². The summed E-state index contributed by atoms with van der Waals surface area (Å²) in [5.74, 6) is -6.72. The van der Waals surface area contributed by atoms with Gasteiger partial charge >= 0.3 is 0 Å². The first-order valence-electron chi connectivity index (χ1n) is 11.6. The number of nitrogens with zero attached hydrogens (tertiary/aromatic N) is 3. The lowest BCUT2D eigenvalue weighted by Crippen LogP contribution is -2.50. The minimum Gasteiger partial charge on any atom is -0.545 e. The van der Waals surface area contributed by atoms with Crippen LogP contribution in [0.5, 0.6) is 0 Å². The predicted molar refractivity (Wildman–Crippen MR) is 139 cm³/mol. The predicted octanol–water partition coefficient (Wildman–Crippen LogP) is 3.43. The van der Waals surface area contributed by atoms with Crippen molar-refractivity contribution in [2.45, 2.75) is 19.6 Å². The van der Waals surface area contributed by atoms with Gasteiger partial charge in [0.15, 0.2) is 17.3 Å². The lowest BCUT2D eigenvalue weighted by Gasteiger charge is -2.38. The van der Waals surface area contributed by atoms with Crippen LogP contribution in [0, 0.1) is 24.0 Å². The van der Waals surface area contributed by atoms with E-state index in [2.05, 4.69) is 17.9 Å². The third kappa shape index (κ3) is 4.01. The van der Waals surface area contributed by atoms with Crippen LogP contribution < -0.4 is 15.2 Å². The highest BCUT2D eigenvalue weighted by atomic mass is 28.3. The molecule has 0 unspecified atom stereocenters. The molecule has 0 saturated carbocycles. The summed E-state index contributed by atoms with van der Waals surface area (Å²) in [4.78, 5) is 17.1. The number of carbonyl (C=O) groups excluding carboxylic acids is 1. The van der Waals surface area contributed by atoms with Crippen molar-refractivity contribution in [2.24, 2.45) is 0 Å². The van der Waals surface area contributed by atoms with Crippen LogP contribution in [0.2, 0.25) is 13.1 Å². The molecule has 0 N–H and O–H groups in total. The fourth-order valence-corrected chi connectivity index (χ4v) is 8.07. The first kappa shape index (κ1) is 26.2. The van der Waals surface area contributed by atoms with Crippen molar-refractivity contribution in [3.63, 3.8) is 0 Å². The summed E-state index contributed by atoms with van der Waals surface area (Å²) < 4.78 is 47.9. The Balaban J connectivity index is 2.25. The average molecular weight is 522 g/mol. The van der Waals surface area contributed by atoms with E-state index in [1.54, 1.807) is 12.1 Å². The van der Waals surface area contributed by atoms with E-state index in [0.29, 0.717) is 11.1 Å². The molecular formula is C28H26F3N3O2Si. The molecule has 37 heavy (non-hydrogen) atoms. The highest BCUT2D eigenvalue weighted by Gasteiger charge is 2.42. The van der Waals surface area contributed by atoms with Crippen LogP contribution in [-0.4, -0.2) is 52.5 Å². The molecule has 0 aromatic heterocycles. The van der Waals surface area contributed by atoms with Gasteiger partial charge in [-0.2, -0.15) is 0 Å². The lowest BCUT2D eigenvalue weighted by molar-refractivity contribution is -0.462. The molecule has 2 aromatic carbocycles. The van der Waals surface area contributed by atoms with E-state index < -0.39 is 54.7 Å². The fraction of sp³-hybridized carbons (Fsp3) is 0.250. The van der Waals surface area contributed by atoms with Gasteiger partial charge < -0.3 is 19.6 Å². The van der Waals surface area contributed by atoms with Crippen LogP contribution in [0.3, 0.4) is 0 Å². The fourth-order valence-electron chi connectivity index (χ4n) is 5.00. The van der Waals surface area contributed by atoms with Gasteiger partial charge in [0.05, 0.1) is 5.97 Å². The Bertz CT molecular complexity index is 1540. The van der Waals surface area contributed by atoms with Gasteiger partial charge in [-0.3, -0.25) is 0 Å². The van der Waals surface area contributed by atoms with Crippen molar-refractivity contribution in [3.8, 4) is 0 Å². The molecule has 1 heterocycles. The monoisotopic (exact) mass is 521 g/mol. The maximum atomic E-state index is 16.0. The van der Waals surface area contributed by atoms with E-state index >= 15 is 8.78 Å². The zero-order chi connectivity index (χ0) is 27.4. The molecule has 0 radical (unpaired) electrons. The van der Waals surface area contributed by atoms with Crippen molar-refractivity contribution in [1.29, 1.82) is 0 Å². The number of rotatable bonds is 4. The second-order valence-electron chi connectivity index (χ2n) is 10.0. The Morgan fingerprint density at radius 2 is 1.78 bits per heavy atom. The maximum Gasteiger partial charge on any atom is 0.245 e. The van der Waals surface area contributed by atoms with Crippen molar-refractivity contribution >= 4 is 36.2 Å². The Hall–Kier alpha value is -3.90. The molecule has 0 spiro atoms. The number of carbonyl (C=O) groups is 1. The van der Waals surface area contributed by atoms with Crippen LogP contribution in [0.4, 0.5) is 18.9 Å². The highest BCUT2D eigenvalue weighted by Crippen LogP contribution is 2.44. The number of fused-ring (bicyclic) bond motifs is 2. The SMILES string of the molecule is [C-]#[N+]Cc1c(F)c(F)c(C(=O)[O-])c(C2=C3C=CC(=[N+](C)C)C=C3[Si](C)(C)c3cc(N(C)C)ccc32)c1F. The lowest BCUT2D eigenvalue weighted by atomic mass is 9.85. The highest BCUT2D eigenvalue weighted by molar-refractivity contribution is 6.98. The minimum absolute atomic E-state index is 0.147. The summed E-state index contributed by atoms with van der Waals surface area (Å²) in [5, 5.41) is 13.9. The van der Waals surface area contributed by atoms with Crippen LogP contribution in [0.15, 0.2) is 47.2 Å². The molecule has 190 valence electrons. The molecule has 4 rings (SSSR count). The van der Waals surface area contributed by atoms with E-state index in [-0.39, 0.29) is 5.57 Å². The van der Waals surface area contributed by atoms with E-state index in [1.165, 1.54) is 0 Å². The van der Waals surface area contributed by atoms with Crippen LogP contribution in [0.25, 0.3) is 10.4 Å². The minimum atomic E-state index is -2.45. The number of carboxylic acid groups (broad SMARTS) is 1. The van der Waals surface area contributed by atoms with Crippen LogP contribution >= 0.6 is 0 Å². The molecule has 0 saturated heterocycles. The quantitative estimate of drug-likeness (QED) is 0.268. The average Bonchev–Trinajstić information content (AvgIpc) is 2.84. The summed E-state index contributed by atoms with van der Waals surface area (Å²) in [6.07, 6.45) is 5.58. The first-order chi connectivity index (χ1) is 17.3. The number of anilines is 1. The van der Waals surface area contributed by atoms with Crippen LogP contribution in [0.1, 0.15) is 27.0 Å². The Morgan fingerprint density at radius 3 is 2.35 bits per heavy atom. The van der Waals surface area contributed by atoms with E-state index in [9.17, 15) is 14.3 Å². The first-order valence-corrected chi connectivity index (χ1v) is 14.6. The molecule has 0 amide bonds. The van der Waals surface area contributed by atoms with Gasteiger partial charge in [0.2, 0.25) is 6.54 Å². The third-order valence-electron chi connectivity index (χ3n) is 7.03. The van der Waals surface area contributed by atoms with Gasteiger partial charge in [0.25, 0.3) is 0 Å². The molecule has 1 aliphatic heterocycles. The van der Waals surface area contributed by atoms with Crippen molar-refractivity contribution in [1.82, 2.24) is 0 Å². The summed E-state index contributed by atoms with van der Waals surface area (Å²) in [6, 6.07) is 5.58. The van der Waals surface area contributed by atoms with Gasteiger partial charge in [0, 0.05) is 43.1 Å². The molecule has 0 fully saturated rings. The van der Waals surface area contributed by atoms with Crippen molar-refractivity contribution in [3.05, 3.63) is 98.3 Å². The third-order valence-corrected chi connectivity index (χ3v) is 10.5. The van der Waals surface area contributed by atoms with E-state index in [1.807, 2.05) is 62.0 Å². The maximum absolute atomic E-state index is 16.0. The zero-order valence-electron chi connectivity index (χ0n) is 21.5. The molecule has 5 nitrogen and oxygen atoms in total. The second kappa shape index (κ2) is 9.20. The molecule has 2 aromatic rings. The standard InChI is InChI=1S/C28H26F3N3O2Si/c1-32-14-19-25(29)23(24(28(35)36)27(31)26(19)30)22-17-10-8-15(33(2)3)12-20(17)37(6,7)21-13-16(34(4)5)9-11-18(21)22/h8-13H,14H2,2-7H3. The second-order valence-corrected chi connectivity index (χ2v) is 14.4. The smallest absolute Gasteiger partial charge is 0.245 e. The summed E-state index contributed by atoms with van der Waals surface area (Å²) in [7, 11) is 5.11. The zero-order valence-corrected chi connectivity index (χ0v) is 22.5. The largest absolute Gasteiger partial charge is 0.545 e. The number of allylic oxidation sites excluding steroid dienone is 5. The summed E-state index contributed by atoms with van der Waals surface area (Å²) in [5.41, 5.74) is 0.442. The summed E-state index contributed by atoms with van der Waals surface area (Å²) in [6.45, 7) is 10.6. The van der Waals surface area contributed by atoms with Gasteiger partial charge in [-0.1, -0.05) is 19.2 Å². The van der Waals surface area contributed by atoms with Gasteiger partial charge in [-0.05, 0) is 45.3 Å². The van der Waals surface area contributed by atoms with Crippen LogP contribution in [-0.2, 0) is 6.54 Å². The molecular weight excluding hydrogens is 495 g/mol. The van der Waals surface area contributed by atoms with Gasteiger partial charge in [0.1, 0.15) is 33.5 Å². The number of hydrogen-bond acceptors (Lipinski definition) is 3. The molecule has 9 heteroatoms. The Labute approximate surface area is 215 Å². The number of hydrogen-bond donors (Lipinski definition) is 0. The molecule has 0 bridgehead atoms. The Kier molecular flexibility index (Phi) is 6.50. The number of halogens is 3. The topological polar surface area (TPSA) is 50.7 Å². The normalized spacial score (nSPS) is 15.6. The van der Waals surface area contributed by atoms with Crippen molar-refractivity contribution in [2.75, 3.05) is 33.1 Å². The Morgan fingerprint density at radius 1 is 1.11 bits per heavy atom. The number of aromatic carboxylic acids is 1. The van der Waals surface area contributed by atoms with Crippen molar-refractivity contribution < 1.29 is 27.6 Å². The van der Waals surface area contributed by atoms with E-state index in [4.69, 9.17) is 6.57 Å². The van der Waals surface area contributed by atoms with E-state index in [0.717, 1.165) is 21.8 Å². The summed E-state index contributed by atoms with van der Waals surface area (Å²) >= 11 is 0. The van der Waals surface area contributed by atoms with Gasteiger partial charge in [-0.15, -0.1) is 0 Å². The molecule has 1 aliphatic carbocycles. The molecule has 2 aliphatic rings. The number of benzene rings is 2. The number of carboxylic acids is 1.